The molecule has 2 nitrogen and oxygen atoms in total. The third kappa shape index (κ3) is 2.86. The number of ether oxygens (including phenoxy) is 1. The van der Waals surface area contributed by atoms with Crippen LogP contribution in [-0.4, -0.2) is 19.2 Å². The maximum Gasteiger partial charge on any atom is 0.120 e. The van der Waals surface area contributed by atoms with Gasteiger partial charge in [-0.15, -0.1) is 0 Å². The van der Waals surface area contributed by atoms with Gasteiger partial charge in [0, 0.05) is 11.6 Å². The smallest absolute Gasteiger partial charge is 0.120 e. The van der Waals surface area contributed by atoms with E-state index in [1.54, 1.807) is 0 Å². The van der Waals surface area contributed by atoms with E-state index in [0.29, 0.717) is 6.10 Å². The van der Waals surface area contributed by atoms with E-state index in [2.05, 4.69) is 5.32 Å². The minimum atomic E-state index is 0.305. The minimum absolute atomic E-state index is 0.305. The SMILES string of the molecule is Cc1cc(O[C@H]2CCCNC2)ccc1Cl. The predicted octanol–water partition coefficient (Wildman–Crippen LogP) is 2.78. The molecule has 1 fully saturated rings. The van der Waals surface area contributed by atoms with Crippen molar-refractivity contribution in [3.05, 3.63) is 28.8 Å². The van der Waals surface area contributed by atoms with Crippen LogP contribution in [0.4, 0.5) is 0 Å². The van der Waals surface area contributed by atoms with Crippen LogP contribution >= 0.6 is 11.6 Å². The van der Waals surface area contributed by atoms with Gasteiger partial charge in [0.05, 0.1) is 0 Å². The Bertz CT molecular complexity index is 334. The molecule has 1 aliphatic rings. The molecule has 1 heterocycles. The van der Waals surface area contributed by atoms with Crippen molar-refractivity contribution < 1.29 is 4.74 Å². The number of rotatable bonds is 2. The molecule has 0 saturated carbocycles. The first-order chi connectivity index (χ1) is 7.25. The summed E-state index contributed by atoms with van der Waals surface area (Å²) in [7, 11) is 0. The first-order valence-electron chi connectivity index (χ1n) is 5.39. The number of piperidine rings is 1. The largest absolute Gasteiger partial charge is 0.489 e. The van der Waals surface area contributed by atoms with Gasteiger partial charge in [-0.3, -0.25) is 0 Å². The van der Waals surface area contributed by atoms with Gasteiger partial charge in [0.2, 0.25) is 0 Å². The molecule has 15 heavy (non-hydrogen) atoms. The first-order valence-corrected chi connectivity index (χ1v) is 5.77. The van der Waals surface area contributed by atoms with Gasteiger partial charge in [-0.1, -0.05) is 11.6 Å². The van der Waals surface area contributed by atoms with E-state index in [1.807, 2.05) is 25.1 Å². The van der Waals surface area contributed by atoms with Gasteiger partial charge in [-0.05, 0) is 50.1 Å². The maximum absolute atomic E-state index is 5.96. The number of hydrogen-bond donors (Lipinski definition) is 1. The zero-order valence-electron chi connectivity index (χ0n) is 8.92. The molecule has 0 aliphatic carbocycles. The molecule has 1 saturated heterocycles. The number of nitrogens with one attached hydrogen (secondary N) is 1. The molecule has 1 aliphatic heterocycles. The van der Waals surface area contributed by atoms with E-state index in [4.69, 9.17) is 16.3 Å². The first kappa shape index (κ1) is 10.8. The van der Waals surface area contributed by atoms with Crippen LogP contribution in [0.2, 0.25) is 5.02 Å². The molecule has 0 radical (unpaired) electrons. The minimum Gasteiger partial charge on any atom is -0.489 e. The van der Waals surface area contributed by atoms with Crippen molar-refractivity contribution >= 4 is 11.6 Å². The Morgan fingerprint density at radius 1 is 1.47 bits per heavy atom. The highest BCUT2D eigenvalue weighted by molar-refractivity contribution is 6.31. The third-order valence-electron chi connectivity index (χ3n) is 2.68. The molecule has 82 valence electrons. The lowest BCUT2D eigenvalue weighted by atomic mass is 10.1. The zero-order valence-corrected chi connectivity index (χ0v) is 9.68. The standard InChI is InChI=1S/C12H16ClNO/c1-9-7-10(4-5-12(9)13)15-11-3-2-6-14-8-11/h4-5,7,11,14H,2-3,6,8H2,1H3/t11-/m0/s1. The summed E-state index contributed by atoms with van der Waals surface area (Å²) in [5, 5.41) is 4.13. The molecule has 1 atom stereocenters. The van der Waals surface area contributed by atoms with E-state index in [0.717, 1.165) is 35.8 Å². The fraction of sp³-hybridized carbons (Fsp3) is 0.500. The average Bonchev–Trinajstić information content (AvgIpc) is 2.25. The lowest BCUT2D eigenvalue weighted by Crippen LogP contribution is -2.37. The van der Waals surface area contributed by atoms with Gasteiger partial charge in [-0.2, -0.15) is 0 Å². The van der Waals surface area contributed by atoms with E-state index in [-0.39, 0.29) is 0 Å². The predicted molar refractivity (Wildman–Crippen MR) is 62.7 cm³/mol. The molecular weight excluding hydrogens is 210 g/mol. The van der Waals surface area contributed by atoms with Crippen LogP contribution in [0, 0.1) is 6.92 Å². The summed E-state index contributed by atoms with van der Waals surface area (Å²) in [4.78, 5) is 0. The van der Waals surface area contributed by atoms with Gasteiger partial charge in [-0.25, -0.2) is 0 Å². The molecule has 0 spiro atoms. The normalized spacial score (nSPS) is 21.3. The molecule has 1 aromatic rings. The maximum atomic E-state index is 5.96. The third-order valence-corrected chi connectivity index (χ3v) is 3.11. The Kier molecular flexibility index (Phi) is 3.49. The Morgan fingerprint density at radius 3 is 3.00 bits per heavy atom. The monoisotopic (exact) mass is 225 g/mol. The lowest BCUT2D eigenvalue weighted by molar-refractivity contribution is 0.167. The summed E-state index contributed by atoms with van der Waals surface area (Å²) in [5.74, 6) is 0.922. The highest BCUT2D eigenvalue weighted by Crippen LogP contribution is 2.22. The van der Waals surface area contributed by atoms with E-state index in [1.165, 1.54) is 6.42 Å². The van der Waals surface area contributed by atoms with Crippen molar-refractivity contribution in [2.45, 2.75) is 25.9 Å². The van der Waals surface area contributed by atoms with Crippen LogP contribution < -0.4 is 10.1 Å². The summed E-state index contributed by atoms with van der Waals surface area (Å²) >= 11 is 5.96. The highest BCUT2D eigenvalue weighted by Gasteiger charge is 2.14. The van der Waals surface area contributed by atoms with Crippen molar-refractivity contribution in [1.82, 2.24) is 5.32 Å². The lowest BCUT2D eigenvalue weighted by Gasteiger charge is -2.24. The van der Waals surface area contributed by atoms with Gasteiger partial charge in [0.1, 0.15) is 11.9 Å². The number of halogens is 1. The van der Waals surface area contributed by atoms with Crippen molar-refractivity contribution in [3.63, 3.8) is 0 Å². The molecule has 3 heteroatoms. The summed E-state index contributed by atoms with van der Waals surface area (Å²) in [6.45, 7) is 4.05. The van der Waals surface area contributed by atoms with Gasteiger partial charge < -0.3 is 10.1 Å². The van der Waals surface area contributed by atoms with Crippen LogP contribution in [0.3, 0.4) is 0 Å². The van der Waals surface area contributed by atoms with Crippen LogP contribution in [0.25, 0.3) is 0 Å². The molecule has 1 N–H and O–H groups in total. The second-order valence-electron chi connectivity index (χ2n) is 4.00. The number of benzene rings is 1. The van der Waals surface area contributed by atoms with Gasteiger partial charge in [0.25, 0.3) is 0 Å². The molecule has 2 rings (SSSR count). The summed E-state index contributed by atoms with van der Waals surface area (Å²) in [5.41, 5.74) is 1.07. The van der Waals surface area contributed by atoms with Crippen molar-refractivity contribution in [2.24, 2.45) is 0 Å². The zero-order chi connectivity index (χ0) is 10.7. The fourth-order valence-corrected chi connectivity index (χ4v) is 1.92. The Labute approximate surface area is 95.6 Å². The molecule has 0 unspecified atom stereocenters. The summed E-state index contributed by atoms with van der Waals surface area (Å²) in [6.07, 6.45) is 2.63. The van der Waals surface area contributed by atoms with Crippen LogP contribution in [0.1, 0.15) is 18.4 Å². The Hall–Kier alpha value is -0.730. The van der Waals surface area contributed by atoms with Crippen molar-refractivity contribution in [1.29, 1.82) is 0 Å². The molecule has 0 aromatic heterocycles. The van der Waals surface area contributed by atoms with E-state index in [9.17, 15) is 0 Å². The molecule has 1 aromatic carbocycles. The Balaban J connectivity index is 2.00. The van der Waals surface area contributed by atoms with Crippen LogP contribution in [0.15, 0.2) is 18.2 Å². The van der Waals surface area contributed by atoms with E-state index < -0.39 is 0 Å². The second kappa shape index (κ2) is 4.86. The fourth-order valence-electron chi connectivity index (χ4n) is 1.80. The van der Waals surface area contributed by atoms with Gasteiger partial charge in [0.15, 0.2) is 0 Å². The van der Waals surface area contributed by atoms with Crippen LogP contribution in [0.5, 0.6) is 5.75 Å². The number of hydrogen-bond acceptors (Lipinski definition) is 2. The molecular formula is C12H16ClNO. The second-order valence-corrected chi connectivity index (χ2v) is 4.40. The average molecular weight is 226 g/mol. The van der Waals surface area contributed by atoms with Crippen molar-refractivity contribution in [2.75, 3.05) is 13.1 Å². The summed E-state index contributed by atoms with van der Waals surface area (Å²) < 4.78 is 5.87. The van der Waals surface area contributed by atoms with E-state index >= 15 is 0 Å². The highest BCUT2D eigenvalue weighted by atomic mass is 35.5. The summed E-state index contributed by atoms with van der Waals surface area (Å²) in [6, 6.07) is 5.82. The van der Waals surface area contributed by atoms with Crippen molar-refractivity contribution in [3.8, 4) is 5.75 Å². The quantitative estimate of drug-likeness (QED) is 0.836. The number of aryl methyl sites for hydroxylation is 1. The van der Waals surface area contributed by atoms with Crippen LogP contribution in [-0.2, 0) is 0 Å². The topological polar surface area (TPSA) is 21.3 Å². The molecule has 0 amide bonds. The van der Waals surface area contributed by atoms with Gasteiger partial charge >= 0.3 is 0 Å². The Morgan fingerprint density at radius 2 is 2.33 bits per heavy atom. The molecule has 0 bridgehead atoms.